The van der Waals surface area contributed by atoms with Gasteiger partial charge in [0.15, 0.2) is 0 Å². The second kappa shape index (κ2) is 8.08. The van der Waals surface area contributed by atoms with Gasteiger partial charge < -0.3 is 11.1 Å². The van der Waals surface area contributed by atoms with Crippen molar-refractivity contribution in [2.75, 3.05) is 26.2 Å². The van der Waals surface area contributed by atoms with Crippen molar-refractivity contribution in [1.29, 1.82) is 0 Å². The van der Waals surface area contributed by atoms with Gasteiger partial charge in [0.05, 0.1) is 6.54 Å². The van der Waals surface area contributed by atoms with Crippen molar-refractivity contribution in [3.8, 4) is 0 Å². The van der Waals surface area contributed by atoms with Crippen LogP contribution < -0.4 is 11.1 Å². The largest absolute Gasteiger partial charge is 0.352 e. The lowest BCUT2D eigenvalue weighted by Gasteiger charge is -2.30. The van der Waals surface area contributed by atoms with E-state index in [0.717, 1.165) is 32.5 Å². The third-order valence-corrected chi connectivity index (χ3v) is 4.53. The fourth-order valence-corrected chi connectivity index (χ4v) is 3.24. The summed E-state index contributed by atoms with van der Waals surface area (Å²) in [6, 6.07) is 0.402. The third-order valence-electron chi connectivity index (χ3n) is 4.53. The highest BCUT2D eigenvalue weighted by Crippen LogP contribution is 2.23. The molecular weight excluding hydrogens is 262 g/mol. The Morgan fingerprint density at radius 3 is 2.68 bits per heavy atom. The maximum absolute atomic E-state index is 12.0. The zero-order valence-electron chi connectivity index (χ0n) is 11.9. The van der Waals surface area contributed by atoms with Crippen molar-refractivity contribution < 1.29 is 4.79 Å². The Morgan fingerprint density at radius 2 is 2.05 bits per heavy atom. The molecule has 1 heterocycles. The van der Waals surface area contributed by atoms with E-state index in [1.807, 2.05) is 0 Å². The minimum atomic E-state index is 0. The molecule has 19 heavy (non-hydrogen) atoms. The van der Waals surface area contributed by atoms with Crippen LogP contribution in [0.1, 0.15) is 39.0 Å². The first-order valence-corrected chi connectivity index (χ1v) is 7.41. The topological polar surface area (TPSA) is 58.4 Å². The molecule has 1 amide bonds. The molecule has 0 spiro atoms. The number of rotatable bonds is 4. The number of hydrogen-bond donors (Lipinski definition) is 2. The SMILES string of the molecule is CC1CCCCC1NC(=O)CN1CCC(CN)C1.Cl. The Balaban J connectivity index is 0.00000180. The number of carbonyl (C=O) groups is 1. The maximum Gasteiger partial charge on any atom is 0.234 e. The Morgan fingerprint density at radius 1 is 1.32 bits per heavy atom. The van der Waals surface area contributed by atoms with Crippen LogP contribution in [0, 0.1) is 11.8 Å². The van der Waals surface area contributed by atoms with E-state index in [4.69, 9.17) is 5.73 Å². The molecule has 0 radical (unpaired) electrons. The first kappa shape index (κ1) is 16.7. The van der Waals surface area contributed by atoms with E-state index in [0.29, 0.717) is 24.4 Å². The summed E-state index contributed by atoms with van der Waals surface area (Å²) in [5, 5.41) is 3.22. The number of nitrogens with two attached hydrogens (primary N) is 1. The lowest BCUT2D eigenvalue weighted by molar-refractivity contribution is -0.123. The molecule has 4 nitrogen and oxygen atoms in total. The van der Waals surface area contributed by atoms with E-state index in [1.54, 1.807) is 0 Å². The number of halogens is 1. The molecule has 0 bridgehead atoms. The van der Waals surface area contributed by atoms with Crippen LogP contribution >= 0.6 is 12.4 Å². The van der Waals surface area contributed by atoms with Crippen molar-refractivity contribution in [2.24, 2.45) is 17.6 Å². The molecule has 3 atom stereocenters. The lowest BCUT2D eigenvalue weighted by Crippen LogP contribution is -2.45. The van der Waals surface area contributed by atoms with Crippen LogP contribution in [0.4, 0.5) is 0 Å². The average Bonchev–Trinajstić information content (AvgIpc) is 2.80. The Hall–Kier alpha value is -0.320. The quantitative estimate of drug-likeness (QED) is 0.822. The van der Waals surface area contributed by atoms with Crippen molar-refractivity contribution >= 4 is 18.3 Å². The second-order valence-electron chi connectivity index (χ2n) is 6.06. The number of amides is 1. The van der Waals surface area contributed by atoms with Crippen LogP contribution in [-0.4, -0.2) is 43.0 Å². The summed E-state index contributed by atoms with van der Waals surface area (Å²) in [5.41, 5.74) is 5.67. The first-order chi connectivity index (χ1) is 8.69. The summed E-state index contributed by atoms with van der Waals surface area (Å²) in [4.78, 5) is 14.3. The molecule has 1 saturated heterocycles. The predicted octanol–water partition coefficient (Wildman–Crippen LogP) is 1.38. The van der Waals surface area contributed by atoms with Gasteiger partial charge in [-0.1, -0.05) is 19.8 Å². The molecule has 3 unspecified atom stereocenters. The summed E-state index contributed by atoms with van der Waals surface area (Å²) in [6.07, 6.45) is 6.12. The average molecular weight is 290 g/mol. The molecule has 0 aromatic rings. The van der Waals surface area contributed by atoms with Crippen molar-refractivity contribution in [1.82, 2.24) is 10.2 Å². The predicted molar refractivity (Wildman–Crippen MR) is 80.4 cm³/mol. The Bertz CT molecular complexity index is 288. The van der Waals surface area contributed by atoms with Crippen LogP contribution in [-0.2, 0) is 4.79 Å². The van der Waals surface area contributed by atoms with Gasteiger partial charge in [0.2, 0.25) is 5.91 Å². The Kier molecular flexibility index (Phi) is 7.11. The number of carbonyl (C=O) groups excluding carboxylic acids is 1. The number of nitrogens with zero attached hydrogens (tertiary/aromatic N) is 1. The third kappa shape index (κ3) is 4.93. The molecule has 1 aliphatic heterocycles. The van der Waals surface area contributed by atoms with Crippen molar-refractivity contribution in [3.63, 3.8) is 0 Å². The molecule has 2 rings (SSSR count). The fourth-order valence-electron chi connectivity index (χ4n) is 3.24. The lowest BCUT2D eigenvalue weighted by atomic mass is 9.86. The van der Waals surface area contributed by atoms with Crippen molar-refractivity contribution in [2.45, 2.75) is 45.1 Å². The second-order valence-corrected chi connectivity index (χ2v) is 6.06. The molecule has 3 N–H and O–H groups in total. The highest BCUT2D eigenvalue weighted by molar-refractivity contribution is 5.85. The van der Waals surface area contributed by atoms with Crippen LogP contribution in [0.25, 0.3) is 0 Å². The van der Waals surface area contributed by atoms with Crippen LogP contribution in [0.3, 0.4) is 0 Å². The Labute approximate surface area is 122 Å². The standard InChI is InChI=1S/C14H27N3O.ClH/c1-11-4-2-3-5-13(11)16-14(18)10-17-7-6-12(8-15)9-17;/h11-13H,2-10,15H2,1H3,(H,16,18);1H. The van der Waals surface area contributed by atoms with Gasteiger partial charge in [-0.15, -0.1) is 12.4 Å². The minimum absolute atomic E-state index is 0. The molecule has 2 fully saturated rings. The number of nitrogens with one attached hydrogen (secondary N) is 1. The molecule has 5 heteroatoms. The summed E-state index contributed by atoms with van der Waals surface area (Å²) in [7, 11) is 0. The van der Waals surface area contributed by atoms with Gasteiger partial charge in [-0.05, 0) is 44.2 Å². The molecule has 0 aromatic heterocycles. The number of likely N-dealkylation sites (tertiary alicyclic amines) is 1. The van der Waals surface area contributed by atoms with Gasteiger partial charge >= 0.3 is 0 Å². The fraction of sp³-hybridized carbons (Fsp3) is 0.929. The van der Waals surface area contributed by atoms with Gasteiger partial charge in [-0.2, -0.15) is 0 Å². The normalized spacial score (nSPS) is 31.8. The molecule has 2 aliphatic rings. The van der Waals surface area contributed by atoms with Gasteiger partial charge in [0.1, 0.15) is 0 Å². The maximum atomic E-state index is 12.0. The smallest absolute Gasteiger partial charge is 0.234 e. The van der Waals surface area contributed by atoms with E-state index in [9.17, 15) is 4.79 Å². The monoisotopic (exact) mass is 289 g/mol. The molecule has 1 saturated carbocycles. The number of hydrogen-bond acceptors (Lipinski definition) is 3. The first-order valence-electron chi connectivity index (χ1n) is 7.41. The molecule has 0 aromatic carbocycles. The van der Waals surface area contributed by atoms with Crippen LogP contribution in [0.5, 0.6) is 0 Å². The highest BCUT2D eigenvalue weighted by atomic mass is 35.5. The highest BCUT2D eigenvalue weighted by Gasteiger charge is 2.26. The summed E-state index contributed by atoms with van der Waals surface area (Å²) >= 11 is 0. The van der Waals surface area contributed by atoms with Gasteiger partial charge in [-0.3, -0.25) is 9.69 Å². The van der Waals surface area contributed by atoms with Crippen molar-refractivity contribution in [3.05, 3.63) is 0 Å². The summed E-state index contributed by atoms with van der Waals surface area (Å²) in [6.45, 7) is 5.57. The van der Waals surface area contributed by atoms with E-state index in [1.165, 1.54) is 19.3 Å². The van der Waals surface area contributed by atoms with Gasteiger partial charge in [0.25, 0.3) is 0 Å². The molecular formula is C14H28ClN3O. The summed E-state index contributed by atoms with van der Waals surface area (Å²) in [5.74, 6) is 1.43. The minimum Gasteiger partial charge on any atom is -0.352 e. The van der Waals surface area contributed by atoms with E-state index in [2.05, 4.69) is 17.1 Å². The van der Waals surface area contributed by atoms with Gasteiger partial charge in [-0.25, -0.2) is 0 Å². The van der Waals surface area contributed by atoms with E-state index in [-0.39, 0.29) is 18.3 Å². The zero-order valence-corrected chi connectivity index (χ0v) is 12.8. The summed E-state index contributed by atoms with van der Waals surface area (Å²) < 4.78 is 0. The van der Waals surface area contributed by atoms with E-state index >= 15 is 0 Å². The van der Waals surface area contributed by atoms with E-state index < -0.39 is 0 Å². The van der Waals surface area contributed by atoms with Crippen LogP contribution in [0.15, 0.2) is 0 Å². The molecule has 1 aliphatic carbocycles. The zero-order chi connectivity index (χ0) is 13.0. The van der Waals surface area contributed by atoms with Crippen LogP contribution in [0.2, 0.25) is 0 Å². The van der Waals surface area contributed by atoms with Gasteiger partial charge in [0, 0.05) is 12.6 Å². The molecule has 112 valence electrons.